The molecule has 1 saturated heterocycles. The summed E-state index contributed by atoms with van der Waals surface area (Å²) in [6.45, 7) is -0.0156. The number of hydrogen-bond acceptors (Lipinski definition) is 3. The SMILES string of the molecule is O=C(CCc1cc(F)cc(Cl)c1)[C@]1(O)CCN(c2ccc(C(F)(F)F)cc2)C1=O. The van der Waals surface area contributed by atoms with Crippen LogP contribution in [0.15, 0.2) is 42.5 Å². The van der Waals surface area contributed by atoms with Gasteiger partial charge in [-0.3, -0.25) is 9.59 Å². The Hall–Kier alpha value is -2.45. The van der Waals surface area contributed by atoms with Crippen molar-refractivity contribution < 1.29 is 32.3 Å². The summed E-state index contributed by atoms with van der Waals surface area (Å²) >= 11 is 5.76. The molecule has 0 unspecified atom stereocenters. The fourth-order valence-corrected chi connectivity index (χ4v) is 3.51. The van der Waals surface area contributed by atoms with Crippen LogP contribution in [0.5, 0.6) is 0 Å². The topological polar surface area (TPSA) is 57.6 Å². The van der Waals surface area contributed by atoms with E-state index in [0.717, 1.165) is 35.2 Å². The van der Waals surface area contributed by atoms with Gasteiger partial charge in [0.1, 0.15) is 5.82 Å². The lowest BCUT2D eigenvalue weighted by Crippen LogP contribution is -2.47. The summed E-state index contributed by atoms with van der Waals surface area (Å²) in [4.78, 5) is 26.2. The quantitative estimate of drug-likeness (QED) is 0.573. The molecule has 4 nitrogen and oxygen atoms in total. The second-order valence-electron chi connectivity index (χ2n) is 6.81. The van der Waals surface area contributed by atoms with Crippen LogP contribution >= 0.6 is 11.6 Å². The van der Waals surface area contributed by atoms with Gasteiger partial charge in [0.05, 0.1) is 5.56 Å². The number of carbonyl (C=O) groups is 2. The van der Waals surface area contributed by atoms with Gasteiger partial charge in [0, 0.05) is 30.1 Å². The molecule has 29 heavy (non-hydrogen) atoms. The number of aliphatic hydroxyl groups is 1. The number of nitrogens with zero attached hydrogens (tertiary/aromatic N) is 1. The third-order valence-electron chi connectivity index (χ3n) is 4.83. The van der Waals surface area contributed by atoms with Gasteiger partial charge in [-0.15, -0.1) is 0 Å². The minimum atomic E-state index is -4.51. The van der Waals surface area contributed by atoms with E-state index in [1.807, 2.05) is 0 Å². The van der Waals surface area contributed by atoms with Crippen LogP contribution in [-0.2, 0) is 22.2 Å². The summed E-state index contributed by atoms with van der Waals surface area (Å²) < 4.78 is 51.4. The van der Waals surface area contributed by atoms with Crippen molar-refractivity contribution >= 4 is 29.0 Å². The Morgan fingerprint density at radius 3 is 2.41 bits per heavy atom. The molecule has 1 fully saturated rings. The van der Waals surface area contributed by atoms with Crippen LogP contribution in [-0.4, -0.2) is 28.9 Å². The minimum Gasteiger partial charge on any atom is -0.373 e. The van der Waals surface area contributed by atoms with E-state index in [9.17, 15) is 32.3 Å². The average molecular weight is 430 g/mol. The van der Waals surface area contributed by atoms with Crippen molar-refractivity contribution in [3.63, 3.8) is 0 Å². The molecule has 9 heteroatoms. The molecule has 0 radical (unpaired) electrons. The Kier molecular flexibility index (Phi) is 5.69. The van der Waals surface area contributed by atoms with E-state index in [-0.39, 0.29) is 36.5 Å². The van der Waals surface area contributed by atoms with E-state index in [2.05, 4.69) is 0 Å². The molecule has 1 amide bonds. The Morgan fingerprint density at radius 1 is 1.17 bits per heavy atom. The fraction of sp³-hybridized carbons (Fsp3) is 0.300. The lowest BCUT2D eigenvalue weighted by molar-refractivity contribution is -0.147. The molecule has 0 aliphatic carbocycles. The van der Waals surface area contributed by atoms with Crippen molar-refractivity contribution in [3.05, 3.63) is 64.4 Å². The molecule has 0 spiro atoms. The summed E-state index contributed by atoms with van der Waals surface area (Å²) in [7, 11) is 0. The molecule has 154 valence electrons. The summed E-state index contributed by atoms with van der Waals surface area (Å²) in [5.74, 6) is -2.19. The van der Waals surface area contributed by atoms with Gasteiger partial charge in [-0.25, -0.2) is 4.39 Å². The summed E-state index contributed by atoms with van der Waals surface area (Å²) in [6.07, 6.45) is -4.84. The van der Waals surface area contributed by atoms with Crippen LogP contribution in [0.25, 0.3) is 0 Å². The highest BCUT2D eigenvalue weighted by atomic mass is 35.5. The van der Waals surface area contributed by atoms with Crippen molar-refractivity contribution in [1.29, 1.82) is 0 Å². The molecular weight excluding hydrogens is 414 g/mol. The second-order valence-corrected chi connectivity index (χ2v) is 7.25. The first-order valence-electron chi connectivity index (χ1n) is 8.70. The molecule has 1 heterocycles. The molecule has 2 aromatic carbocycles. The number of Topliss-reactive ketones (excluding diaryl/α,β-unsaturated/α-hetero) is 1. The molecule has 1 atom stereocenters. The predicted molar refractivity (Wildman–Crippen MR) is 98.1 cm³/mol. The van der Waals surface area contributed by atoms with Gasteiger partial charge in [0.15, 0.2) is 5.78 Å². The number of halogens is 5. The van der Waals surface area contributed by atoms with E-state index >= 15 is 0 Å². The highest BCUT2D eigenvalue weighted by Crippen LogP contribution is 2.34. The highest BCUT2D eigenvalue weighted by molar-refractivity contribution is 6.30. The fourth-order valence-electron chi connectivity index (χ4n) is 3.26. The largest absolute Gasteiger partial charge is 0.416 e. The molecule has 3 rings (SSSR count). The predicted octanol–water partition coefficient (Wildman–Crippen LogP) is 4.17. The number of anilines is 1. The summed E-state index contributed by atoms with van der Waals surface area (Å²) in [6, 6.07) is 7.69. The van der Waals surface area contributed by atoms with E-state index in [1.54, 1.807) is 0 Å². The third-order valence-corrected chi connectivity index (χ3v) is 5.05. The number of hydrogen-bond donors (Lipinski definition) is 1. The Labute approximate surface area is 168 Å². The second kappa shape index (κ2) is 7.76. The van der Waals surface area contributed by atoms with Crippen LogP contribution in [0, 0.1) is 5.82 Å². The zero-order chi connectivity index (χ0) is 21.4. The minimum absolute atomic E-state index is 0.0156. The maximum Gasteiger partial charge on any atom is 0.416 e. The van der Waals surface area contributed by atoms with Crippen molar-refractivity contribution in [2.24, 2.45) is 0 Å². The van der Waals surface area contributed by atoms with Crippen LogP contribution in [0.1, 0.15) is 24.0 Å². The van der Waals surface area contributed by atoms with Crippen LogP contribution in [0.3, 0.4) is 0 Å². The smallest absolute Gasteiger partial charge is 0.373 e. The first kappa shape index (κ1) is 21.3. The highest BCUT2D eigenvalue weighted by Gasteiger charge is 2.50. The number of aryl methyl sites for hydroxylation is 1. The zero-order valence-electron chi connectivity index (χ0n) is 15.0. The molecule has 0 bridgehead atoms. The third kappa shape index (κ3) is 4.43. The number of rotatable bonds is 5. The van der Waals surface area contributed by atoms with Gasteiger partial charge in [-0.2, -0.15) is 13.2 Å². The lowest BCUT2D eigenvalue weighted by atomic mass is 9.92. The number of alkyl halides is 3. The Bertz CT molecular complexity index is 925. The van der Waals surface area contributed by atoms with E-state index in [0.29, 0.717) is 5.56 Å². The van der Waals surface area contributed by atoms with Crippen LogP contribution < -0.4 is 4.90 Å². The molecule has 0 saturated carbocycles. The zero-order valence-corrected chi connectivity index (χ0v) is 15.7. The van der Waals surface area contributed by atoms with E-state index < -0.39 is 34.8 Å². The Morgan fingerprint density at radius 2 is 1.83 bits per heavy atom. The number of amides is 1. The monoisotopic (exact) mass is 429 g/mol. The standard InChI is InChI=1S/C20H16ClF4NO3/c21-14-9-12(10-15(22)11-14)1-6-17(27)19(29)7-8-26(18(19)28)16-4-2-13(3-5-16)20(23,24)25/h2-5,9-11,29H,1,6-8H2/t19-/m1/s1. The molecule has 2 aromatic rings. The maximum atomic E-state index is 13.4. The van der Waals surface area contributed by atoms with Crippen molar-refractivity contribution in [1.82, 2.24) is 0 Å². The van der Waals surface area contributed by atoms with Gasteiger partial charge in [-0.1, -0.05) is 11.6 Å². The molecule has 1 N–H and O–H groups in total. The molecule has 0 aromatic heterocycles. The van der Waals surface area contributed by atoms with Gasteiger partial charge >= 0.3 is 6.18 Å². The summed E-state index contributed by atoms with van der Waals surface area (Å²) in [5.41, 5.74) is -2.53. The lowest BCUT2D eigenvalue weighted by Gasteiger charge is -2.21. The van der Waals surface area contributed by atoms with Gasteiger partial charge in [-0.05, 0) is 54.4 Å². The van der Waals surface area contributed by atoms with Gasteiger partial charge in [0.2, 0.25) is 5.60 Å². The van der Waals surface area contributed by atoms with E-state index in [4.69, 9.17) is 11.6 Å². The maximum absolute atomic E-state index is 13.4. The average Bonchev–Trinajstić information content (AvgIpc) is 2.94. The molecule has 1 aliphatic rings. The van der Waals surface area contributed by atoms with Crippen molar-refractivity contribution in [2.75, 3.05) is 11.4 Å². The normalized spacial score (nSPS) is 19.7. The summed E-state index contributed by atoms with van der Waals surface area (Å²) in [5, 5.41) is 10.8. The van der Waals surface area contributed by atoms with Gasteiger partial charge in [0.25, 0.3) is 5.91 Å². The van der Waals surface area contributed by atoms with E-state index in [1.165, 1.54) is 12.1 Å². The first-order valence-corrected chi connectivity index (χ1v) is 9.08. The van der Waals surface area contributed by atoms with Crippen molar-refractivity contribution in [3.8, 4) is 0 Å². The van der Waals surface area contributed by atoms with Crippen LogP contribution in [0.4, 0.5) is 23.2 Å². The van der Waals surface area contributed by atoms with Crippen molar-refractivity contribution in [2.45, 2.75) is 31.0 Å². The van der Waals surface area contributed by atoms with Gasteiger partial charge < -0.3 is 10.0 Å². The number of ketones is 1. The first-order chi connectivity index (χ1) is 13.5. The molecular formula is C20H16ClF4NO3. The number of benzene rings is 2. The Balaban J connectivity index is 1.70. The van der Waals surface area contributed by atoms with Crippen LogP contribution in [0.2, 0.25) is 5.02 Å². The number of carbonyl (C=O) groups excluding carboxylic acids is 2. The molecule has 1 aliphatic heterocycles.